The lowest BCUT2D eigenvalue weighted by Gasteiger charge is -2.30. The zero-order valence-corrected chi connectivity index (χ0v) is 15.0. The number of carboxylic acid groups (broad SMARTS) is 2. The Labute approximate surface area is 150 Å². The highest BCUT2D eigenvalue weighted by Crippen LogP contribution is 2.78. The van der Waals surface area contributed by atoms with Crippen LogP contribution in [-0.4, -0.2) is 51.8 Å². The second-order valence-corrected chi connectivity index (χ2v) is 8.63. The first-order valence-electron chi connectivity index (χ1n) is 8.66. The van der Waals surface area contributed by atoms with Gasteiger partial charge in [-0.1, -0.05) is 0 Å². The molecular formula is C17H24N2O7. The number of fused-ring (bicyclic) bond motifs is 2. The molecule has 0 aromatic carbocycles. The number of amides is 2. The number of ether oxygens (including phenoxy) is 1. The van der Waals surface area contributed by atoms with Gasteiger partial charge >= 0.3 is 18.0 Å². The van der Waals surface area contributed by atoms with Gasteiger partial charge < -0.3 is 25.6 Å². The van der Waals surface area contributed by atoms with Crippen molar-refractivity contribution in [3.8, 4) is 0 Å². The van der Waals surface area contributed by atoms with Gasteiger partial charge in [-0.05, 0) is 51.4 Å². The summed E-state index contributed by atoms with van der Waals surface area (Å²) in [6.07, 6.45) is 1.04. The second-order valence-electron chi connectivity index (χ2n) is 8.63. The van der Waals surface area contributed by atoms with Crippen molar-refractivity contribution < 1.29 is 34.1 Å². The van der Waals surface area contributed by atoms with Crippen molar-refractivity contribution in [2.45, 2.75) is 51.2 Å². The number of carbonyl (C=O) groups excluding carboxylic acids is 2. The summed E-state index contributed by atoms with van der Waals surface area (Å²) in [6, 6.07) is 0. The van der Waals surface area contributed by atoms with E-state index in [0.717, 1.165) is 12.8 Å². The minimum atomic E-state index is -1.59. The molecule has 0 aliphatic heterocycles. The Morgan fingerprint density at radius 2 is 1.73 bits per heavy atom. The monoisotopic (exact) mass is 368 g/mol. The summed E-state index contributed by atoms with van der Waals surface area (Å²) >= 11 is 0. The molecule has 0 radical (unpaired) electrons. The Kier molecular flexibility index (Phi) is 3.97. The van der Waals surface area contributed by atoms with Gasteiger partial charge in [-0.2, -0.15) is 0 Å². The van der Waals surface area contributed by atoms with Gasteiger partial charge in [0.2, 0.25) is 5.91 Å². The predicted molar refractivity (Wildman–Crippen MR) is 87.1 cm³/mol. The van der Waals surface area contributed by atoms with Gasteiger partial charge in [0.15, 0.2) is 0 Å². The zero-order chi connectivity index (χ0) is 19.5. The SMILES string of the molecule is CC(C)(C)OC(=O)NCC(=O)NC1(C(=O)O)CC2(CC2)C2C(C(=O)O)C21. The van der Waals surface area contributed by atoms with Crippen LogP contribution in [0, 0.1) is 23.2 Å². The Bertz CT molecular complexity index is 679. The maximum atomic E-state index is 12.3. The molecule has 9 heteroatoms. The molecule has 4 N–H and O–H groups in total. The molecule has 26 heavy (non-hydrogen) atoms. The number of hydrogen-bond acceptors (Lipinski definition) is 5. The van der Waals surface area contributed by atoms with Crippen LogP contribution in [0.1, 0.15) is 40.0 Å². The van der Waals surface area contributed by atoms with Gasteiger partial charge in [0.25, 0.3) is 0 Å². The molecule has 4 atom stereocenters. The number of aliphatic carboxylic acids is 2. The van der Waals surface area contributed by atoms with E-state index in [1.807, 2.05) is 0 Å². The van der Waals surface area contributed by atoms with E-state index < -0.39 is 53.5 Å². The summed E-state index contributed by atoms with van der Waals surface area (Å²) in [4.78, 5) is 47.3. The molecule has 0 aromatic heterocycles. The van der Waals surface area contributed by atoms with E-state index in [2.05, 4.69) is 10.6 Å². The second kappa shape index (κ2) is 5.59. The summed E-state index contributed by atoms with van der Waals surface area (Å²) < 4.78 is 5.03. The highest BCUT2D eigenvalue weighted by atomic mass is 16.6. The summed E-state index contributed by atoms with van der Waals surface area (Å²) in [7, 11) is 0. The van der Waals surface area contributed by atoms with Crippen LogP contribution in [0.2, 0.25) is 0 Å². The number of carbonyl (C=O) groups is 4. The first kappa shape index (κ1) is 18.5. The van der Waals surface area contributed by atoms with Crippen molar-refractivity contribution in [2.75, 3.05) is 6.54 Å². The van der Waals surface area contributed by atoms with Crippen LogP contribution in [0.3, 0.4) is 0 Å². The molecule has 1 spiro atoms. The Morgan fingerprint density at radius 3 is 2.19 bits per heavy atom. The third-order valence-corrected chi connectivity index (χ3v) is 5.64. The molecule has 0 heterocycles. The molecule has 0 saturated heterocycles. The molecule has 3 fully saturated rings. The smallest absolute Gasteiger partial charge is 0.408 e. The predicted octanol–water partition coefficient (Wildman–Crippen LogP) is 0.581. The van der Waals surface area contributed by atoms with Crippen molar-refractivity contribution in [1.29, 1.82) is 0 Å². The highest BCUT2D eigenvalue weighted by Gasteiger charge is 2.82. The first-order chi connectivity index (χ1) is 11.9. The maximum Gasteiger partial charge on any atom is 0.408 e. The molecule has 3 aliphatic carbocycles. The van der Waals surface area contributed by atoms with E-state index in [-0.39, 0.29) is 17.8 Å². The van der Waals surface area contributed by atoms with Crippen LogP contribution in [0.5, 0.6) is 0 Å². The maximum absolute atomic E-state index is 12.3. The Balaban J connectivity index is 1.66. The molecule has 3 rings (SSSR count). The summed E-state index contributed by atoms with van der Waals surface area (Å²) in [5.74, 6) is -4.45. The van der Waals surface area contributed by atoms with E-state index in [4.69, 9.17) is 4.74 Å². The van der Waals surface area contributed by atoms with Crippen LogP contribution in [-0.2, 0) is 19.1 Å². The molecular weight excluding hydrogens is 344 g/mol. The fourth-order valence-electron chi connectivity index (χ4n) is 4.61. The van der Waals surface area contributed by atoms with E-state index in [9.17, 15) is 29.4 Å². The largest absolute Gasteiger partial charge is 0.481 e. The minimum absolute atomic E-state index is 0.199. The quantitative estimate of drug-likeness (QED) is 0.556. The number of carboxylic acids is 2. The minimum Gasteiger partial charge on any atom is -0.481 e. The first-order valence-corrected chi connectivity index (χ1v) is 8.66. The lowest BCUT2D eigenvalue weighted by molar-refractivity contribution is -0.150. The van der Waals surface area contributed by atoms with Crippen LogP contribution in [0.15, 0.2) is 0 Å². The van der Waals surface area contributed by atoms with Gasteiger partial charge in [-0.3, -0.25) is 9.59 Å². The number of alkyl carbamates (subject to hydrolysis) is 1. The van der Waals surface area contributed by atoms with Crippen molar-refractivity contribution in [3.05, 3.63) is 0 Å². The summed E-state index contributed by atoms with van der Waals surface area (Å²) in [5, 5.41) is 23.9. The van der Waals surface area contributed by atoms with Gasteiger partial charge in [0, 0.05) is 5.92 Å². The standard InChI is InChI=1S/C17H24N2O7/c1-15(2,3)26-14(25)18-6-8(20)19-17(13(23)24)7-16(4-5-16)10-9(11(10)17)12(21)22/h9-11H,4-7H2,1-3H3,(H,18,25)(H,19,20)(H,21,22)(H,23,24). The highest BCUT2D eigenvalue weighted by molar-refractivity contribution is 5.92. The molecule has 0 bridgehead atoms. The third-order valence-electron chi connectivity index (χ3n) is 5.64. The van der Waals surface area contributed by atoms with Crippen LogP contribution < -0.4 is 10.6 Å². The van der Waals surface area contributed by atoms with E-state index in [1.54, 1.807) is 20.8 Å². The summed E-state index contributed by atoms with van der Waals surface area (Å²) in [6.45, 7) is 4.60. The summed E-state index contributed by atoms with van der Waals surface area (Å²) in [5.41, 5.74) is -2.59. The number of hydrogen-bond donors (Lipinski definition) is 4. The third kappa shape index (κ3) is 2.99. The Morgan fingerprint density at radius 1 is 1.12 bits per heavy atom. The molecule has 3 saturated carbocycles. The number of rotatable bonds is 5. The van der Waals surface area contributed by atoms with Gasteiger partial charge in [0.05, 0.1) is 5.92 Å². The molecule has 144 valence electrons. The average molecular weight is 368 g/mol. The molecule has 0 aromatic rings. The molecule has 2 amide bonds. The topological polar surface area (TPSA) is 142 Å². The van der Waals surface area contributed by atoms with Crippen LogP contribution in [0.25, 0.3) is 0 Å². The Hall–Kier alpha value is -2.32. The normalized spacial score (nSPS) is 33.1. The zero-order valence-electron chi connectivity index (χ0n) is 15.0. The lowest BCUT2D eigenvalue weighted by Crippen LogP contribution is -2.58. The molecule has 4 unspecified atom stereocenters. The van der Waals surface area contributed by atoms with Crippen LogP contribution in [0.4, 0.5) is 4.79 Å². The van der Waals surface area contributed by atoms with Crippen molar-refractivity contribution in [3.63, 3.8) is 0 Å². The lowest BCUT2D eigenvalue weighted by atomic mass is 9.85. The van der Waals surface area contributed by atoms with Gasteiger partial charge in [-0.15, -0.1) is 0 Å². The van der Waals surface area contributed by atoms with Gasteiger partial charge in [-0.25, -0.2) is 9.59 Å². The average Bonchev–Trinajstić information content (AvgIpc) is 3.34. The number of nitrogens with one attached hydrogen (secondary N) is 2. The fourth-order valence-corrected chi connectivity index (χ4v) is 4.61. The van der Waals surface area contributed by atoms with Crippen molar-refractivity contribution >= 4 is 23.9 Å². The van der Waals surface area contributed by atoms with Crippen LogP contribution >= 0.6 is 0 Å². The van der Waals surface area contributed by atoms with Crippen molar-refractivity contribution in [1.82, 2.24) is 10.6 Å². The van der Waals surface area contributed by atoms with E-state index in [1.165, 1.54) is 0 Å². The van der Waals surface area contributed by atoms with Crippen molar-refractivity contribution in [2.24, 2.45) is 23.2 Å². The molecule has 3 aliphatic rings. The van der Waals surface area contributed by atoms with E-state index >= 15 is 0 Å². The molecule has 9 nitrogen and oxygen atoms in total. The fraction of sp³-hybridized carbons (Fsp3) is 0.765. The van der Waals surface area contributed by atoms with E-state index in [0.29, 0.717) is 0 Å². The van der Waals surface area contributed by atoms with Gasteiger partial charge in [0.1, 0.15) is 17.7 Å².